The molecule has 1 saturated heterocycles. The maximum atomic E-state index is 14.2. The highest BCUT2D eigenvalue weighted by atomic mass is 19.1. The number of oxime groups is 1. The summed E-state index contributed by atoms with van der Waals surface area (Å²) in [4.78, 5) is 60.5. The van der Waals surface area contributed by atoms with Gasteiger partial charge in [0.25, 0.3) is 11.8 Å². The summed E-state index contributed by atoms with van der Waals surface area (Å²) in [6.45, 7) is 4.07. The summed E-state index contributed by atoms with van der Waals surface area (Å²) in [5.74, 6) is -3.46. The predicted octanol–water partition coefficient (Wildman–Crippen LogP) is 3.13. The van der Waals surface area contributed by atoms with Crippen LogP contribution in [0.3, 0.4) is 0 Å². The first-order valence-corrected chi connectivity index (χ1v) is 14.5. The van der Waals surface area contributed by atoms with Crippen LogP contribution in [0.15, 0.2) is 34.3 Å². The van der Waals surface area contributed by atoms with Crippen LogP contribution in [0.4, 0.5) is 13.6 Å². The van der Waals surface area contributed by atoms with Gasteiger partial charge in [-0.3, -0.25) is 14.4 Å². The Hall–Kier alpha value is -4.73. The third-order valence-electron chi connectivity index (χ3n) is 7.62. The molecule has 2 amide bonds. The topological polar surface area (TPSA) is 156 Å². The Morgan fingerprint density at radius 3 is 2.63 bits per heavy atom. The van der Waals surface area contributed by atoms with Gasteiger partial charge in [0.2, 0.25) is 23.9 Å². The molecule has 0 unspecified atom stereocenters. The number of amides is 2. The van der Waals surface area contributed by atoms with Crippen molar-refractivity contribution >= 4 is 23.9 Å². The molecule has 2 aromatic rings. The van der Waals surface area contributed by atoms with Crippen LogP contribution >= 0.6 is 0 Å². The van der Waals surface area contributed by atoms with Crippen LogP contribution in [0.2, 0.25) is 0 Å². The molecule has 0 radical (unpaired) electrons. The van der Waals surface area contributed by atoms with Gasteiger partial charge in [-0.2, -0.15) is 0 Å². The third kappa shape index (κ3) is 7.73. The average Bonchev–Trinajstić information content (AvgIpc) is 3.15. The van der Waals surface area contributed by atoms with Crippen molar-refractivity contribution in [3.63, 3.8) is 0 Å². The van der Waals surface area contributed by atoms with Gasteiger partial charge >= 0.3 is 6.16 Å². The van der Waals surface area contributed by atoms with Gasteiger partial charge in [-0.15, -0.1) is 0 Å². The van der Waals surface area contributed by atoms with Crippen molar-refractivity contribution in [3.8, 4) is 5.75 Å². The quantitative estimate of drug-likeness (QED) is 0.126. The molecule has 4 atom stereocenters. The van der Waals surface area contributed by atoms with Crippen LogP contribution in [0.1, 0.15) is 66.1 Å². The first-order valence-electron chi connectivity index (χ1n) is 14.5. The minimum Gasteiger partial charge on any atom is -0.482 e. The summed E-state index contributed by atoms with van der Waals surface area (Å²) in [5, 5.41) is 6.47. The lowest BCUT2D eigenvalue weighted by Crippen LogP contribution is -2.49. The molecule has 16 heteroatoms. The summed E-state index contributed by atoms with van der Waals surface area (Å²) in [6, 6.07) is 1.96. The molecule has 3 heterocycles. The maximum Gasteiger partial charge on any atom is 0.511 e. The fourth-order valence-corrected chi connectivity index (χ4v) is 5.15. The van der Waals surface area contributed by atoms with Gasteiger partial charge in [0.1, 0.15) is 29.4 Å². The molecule has 0 saturated carbocycles. The summed E-state index contributed by atoms with van der Waals surface area (Å²) in [7, 11) is 2.86. The average molecular weight is 651 g/mol. The predicted molar refractivity (Wildman–Crippen MR) is 156 cm³/mol. The number of ether oxygens (including phenoxy) is 5. The number of benzene rings is 1. The highest BCUT2D eigenvalue weighted by Gasteiger charge is 2.44. The smallest absolute Gasteiger partial charge is 0.482 e. The van der Waals surface area contributed by atoms with E-state index in [2.05, 4.69) is 10.5 Å². The van der Waals surface area contributed by atoms with Gasteiger partial charge in [-0.05, 0) is 32.8 Å². The highest BCUT2D eigenvalue weighted by Crippen LogP contribution is 2.36. The summed E-state index contributed by atoms with van der Waals surface area (Å²) >= 11 is 0. The number of halogens is 2. The number of fused-ring (bicyclic) bond motifs is 4. The van der Waals surface area contributed by atoms with Gasteiger partial charge in [-0.1, -0.05) is 11.2 Å². The van der Waals surface area contributed by atoms with Crippen LogP contribution in [0, 0.1) is 11.6 Å². The Bertz CT molecular complexity index is 1550. The lowest BCUT2D eigenvalue weighted by atomic mass is 10.0. The van der Waals surface area contributed by atoms with Crippen LogP contribution in [0.25, 0.3) is 0 Å². The zero-order valence-electron chi connectivity index (χ0n) is 26.0. The molecule has 0 aliphatic carbocycles. The van der Waals surface area contributed by atoms with Gasteiger partial charge in [0.05, 0.1) is 19.8 Å². The van der Waals surface area contributed by atoms with E-state index in [4.69, 9.17) is 28.5 Å². The van der Waals surface area contributed by atoms with E-state index in [0.29, 0.717) is 18.9 Å². The van der Waals surface area contributed by atoms with Gasteiger partial charge in [0.15, 0.2) is 5.69 Å². The SMILES string of the molecule is COC[C@@H](C)OC(=O)OCOc1c2n(cc(C(=O)NCc3ccc(F)cc3F)c1=O)[C@@H]1CN(C2=O)[C@@H](C)CC[C@H]1O/N=C(\C)OC. The van der Waals surface area contributed by atoms with E-state index in [1.54, 1.807) is 18.7 Å². The number of aromatic nitrogens is 1. The fourth-order valence-electron chi connectivity index (χ4n) is 5.15. The summed E-state index contributed by atoms with van der Waals surface area (Å²) < 4.78 is 54.6. The molecule has 2 bridgehead atoms. The Morgan fingerprint density at radius 2 is 1.93 bits per heavy atom. The Kier molecular flexibility index (Phi) is 11.2. The number of nitrogens with zero attached hydrogens (tertiary/aromatic N) is 3. The number of carbonyl (C=O) groups is 3. The Labute approximate surface area is 263 Å². The van der Waals surface area contributed by atoms with Crippen molar-refractivity contribution in [1.29, 1.82) is 0 Å². The van der Waals surface area contributed by atoms with E-state index in [9.17, 15) is 28.0 Å². The second-order valence-electron chi connectivity index (χ2n) is 10.8. The van der Waals surface area contributed by atoms with Gasteiger partial charge in [0, 0.05) is 51.0 Å². The standard InChI is InChI=1S/C30H36F2N4O10/c1-16-6-9-24(46-34-18(3)42-5)23-13-35(16)29(39)25-27(43-15-44-30(40)45-17(2)14-41-4)26(37)21(12-36(23)25)28(38)33-11-19-7-8-20(31)10-22(19)32/h7-8,10,12,16-17,23-24H,6,9,11,13-15H2,1-5H3,(H,33,38)/b34-18+/t16-,17+,23+,24+/m0/s1. The van der Waals surface area contributed by atoms with Crippen molar-refractivity contribution in [2.75, 3.05) is 34.2 Å². The second kappa shape index (κ2) is 15.0. The van der Waals surface area contributed by atoms with Crippen LogP contribution in [-0.2, 0) is 30.3 Å². The first kappa shape index (κ1) is 34.1. The molecule has 46 heavy (non-hydrogen) atoms. The van der Waals surface area contributed by atoms with Crippen molar-refractivity contribution < 1.29 is 51.7 Å². The van der Waals surface area contributed by atoms with E-state index in [-0.39, 0.29) is 42.9 Å². The maximum absolute atomic E-state index is 14.2. The molecular weight excluding hydrogens is 614 g/mol. The molecule has 14 nitrogen and oxygen atoms in total. The second-order valence-corrected chi connectivity index (χ2v) is 10.8. The van der Waals surface area contributed by atoms with Crippen molar-refractivity contribution in [3.05, 3.63) is 63.1 Å². The number of pyridine rings is 1. The highest BCUT2D eigenvalue weighted by molar-refractivity contribution is 5.99. The molecule has 4 rings (SSSR count). The van der Waals surface area contributed by atoms with Crippen molar-refractivity contribution in [1.82, 2.24) is 14.8 Å². The zero-order valence-corrected chi connectivity index (χ0v) is 26.0. The number of hydrogen-bond acceptors (Lipinski definition) is 11. The van der Waals surface area contributed by atoms with E-state index < -0.39 is 71.4 Å². The minimum atomic E-state index is -1.12. The van der Waals surface area contributed by atoms with Gasteiger partial charge < -0.3 is 43.3 Å². The molecule has 1 N–H and O–H groups in total. The zero-order chi connectivity index (χ0) is 33.5. The Balaban J connectivity index is 1.73. The lowest BCUT2D eigenvalue weighted by molar-refractivity contribution is -0.0283. The van der Waals surface area contributed by atoms with Crippen LogP contribution in [0.5, 0.6) is 5.75 Å². The molecular formula is C30H36F2N4O10. The molecule has 1 aromatic heterocycles. The molecule has 250 valence electrons. The van der Waals surface area contributed by atoms with Crippen LogP contribution in [-0.4, -0.2) is 85.7 Å². The largest absolute Gasteiger partial charge is 0.511 e. The first-order chi connectivity index (χ1) is 21.9. The summed E-state index contributed by atoms with van der Waals surface area (Å²) in [5.41, 5.74) is -1.66. The third-order valence-corrected chi connectivity index (χ3v) is 7.62. The summed E-state index contributed by atoms with van der Waals surface area (Å²) in [6.07, 6.45) is -0.189. The molecule has 2 aliphatic rings. The number of methoxy groups -OCH3 is 2. The van der Waals surface area contributed by atoms with Crippen molar-refractivity contribution in [2.45, 2.75) is 64.4 Å². The monoisotopic (exact) mass is 650 g/mol. The Morgan fingerprint density at radius 1 is 1.17 bits per heavy atom. The fraction of sp³-hybridized carbons (Fsp3) is 0.500. The van der Waals surface area contributed by atoms with E-state index in [0.717, 1.165) is 12.1 Å². The lowest BCUT2D eigenvalue weighted by Gasteiger charge is -2.38. The van der Waals surface area contributed by atoms with E-state index in [1.807, 2.05) is 6.92 Å². The molecule has 1 aromatic carbocycles. The normalized spacial score (nSPS) is 19.8. The van der Waals surface area contributed by atoms with Crippen molar-refractivity contribution in [2.24, 2.45) is 5.16 Å². The molecule has 1 fully saturated rings. The van der Waals surface area contributed by atoms with E-state index >= 15 is 0 Å². The minimum absolute atomic E-state index is 0.0256. The number of rotatable bonds is 11. The van der Waals surface area contributed by atoms with E-state index in [1.165, 1.54) is 25.0 Å². The molecule has 2 aliphatic heterocycles. The van der Waals surface area contributed by atoms with Gasteiger partial charge in [-0.25, -0.2) is 13.6 Å². The molecule has 0 spiro atoms. The number of hydrogen-bond donors (Lipinski definition) is 1. The number of nitrogens with one attached hydrogen (secondary N) is 1. The van der Waals surface area contributed by atoms with Crippen LogP contribution < -0.4 is 15.5 Å². The number of carbonyl (C=O) groups excluding carboxylic acids is 3.